The Morgan fingerprint density at radius 3 is 2.39 bits per heavy atom. The zero-order valence-electron chi connectivity index (χ0n) is 18.9. The molecule has 6 nitrogen and oxygen atoms in total. The van der Waals surface area contributed by atoms with E-state index in [9.17, 15) is 4.79 Å². The normalized spacial score (nSPS) is 12.5. The lowest BCUT2D eigenvalue weighted by atomic mass is 9.98. The largest absolute Gasteiger partial charge is 0.464 e. The number of aryl methyl sites for hydroxylation is 2. The Hall–Kier alpha value is -2.29. The molecule has 2 aromatic rings. The van der Waals surface area contributed by atoms with Crippen molar-refractivity contribution in [3.05, 3.63) is 69.8 Å². The molecule has 0 bridgehead atoms. The molecular formula is C23H30N2O4P2. The standard InChI is InChI=1S/C23H30N2O4P2/c1-14-10-11-17(20(12-14)23(4,30)31)16(3)24-29-13-19-15(2)8-7-9-18(19)21(25-28-6)22(26)27-5/h7-12H,13,30-31H2,1-6H3/b24-16+,25-21+. The van der Waals surface area contributed by atoms with Crippen LogP contribution < -0.4 is 0 Å². The van der Waals surface area contributed by atoms with Crippen molar-refractivity contribution >= 4 is 35.9 Å². The maximum absolute atomic E-state index is 12.2. The van der Waals surface area contributed by atoms with Crippen LogP contribution in [-0.2, 0) is 30.7 Å². The van der Waals surface area contributed by atoms with Gasteiger partial charge in [0.15, 0.2) is 5.71 Å². The lowest BCUT2D eigenvalue weighted by Crippen LogP contribution is -2.20. The van der Waals surface area contributed by atoms with E-state index in [-0.39, 0.29) is 17.2 Å². The van der Waals surface area contributed by atoms with Gasteiger partial charge >= 0.3 is 5.97 Å². The SMILES string of the molecule is CO/N=C(/C(=O)OC)c1cccc(C)c1CO/N=C(\C)c1ccc(C)cc1C(C)(P)P. The first-order valence-electron chi connectivity index (χ1n) is 9.74. The molecule has 0 radical (unpaired) electrons. The minimum Gasteiger partial charge on any atom is -0.464 e. The quantitative estimate of drug-likeness (QED) is 0.248. The van der Waals surface area contributed by atoms with Crippen molar-refractivity contribution in [1.29, 1.82) is 0 Å². The Morgan fingerprint density at radius 2 is 1.77 bits per heavy atom. The molecule has 2 rings (SSSR count). The van der Waals surface area contributed by atoms with Crippen LogP contribution in [0.1, 0.15) is 47.2 Å². The van der Waals surface area contributed by atoms with E-state index in [0.717, 1.165) is 28.0 Å². The average molecular weight is 460 g/mol. The van der Waals surface area contributed by atoms with Crippen molar-refractivity contribution in [2.45, 2.75) is 39.2 Å². The summed E-state index contributed by atoms with van der Waals surface area (Å²) in [5.41, 5.74) is 6.49. The maximum Gasteiger partial charge on any atom is 0.360 e. The Morgan fingerprint density at radius 1 is 1.06 bits per heavy atom. The number of nitrogens with zero attached hydrogens (tertiary/aromatic N) is 2. The molecule has 8 heteroatoms. The molecule has 2 unspecified atom stereocenters. The summed E-state index contributed by atoms with van der Waals surface area (Å²) in [6.07, 6.45) is 0. The summed E-state index contributed by atoms with van der Waals surface area (Å²) >= 11 is 0. The summed E-state index contributed by atoms with van der Waals surface area (Å²) in [6, 6.07) is 11.8. The van der Waals surface area contributed by atoms with Gasteiger partial charge in [-0.2, -0.15) is 0 Å². The van der Waals surface area contributed by atoms with Gasteiger partial charge in [-0.05, 0) is 38.8 Å². The second kappa shape index (κ2) is 10.8. The third-order valence-electron chi connectivity index (χ3n) is 4.78. The predicted molar refractivity (Wildman–Crippen MR) is 132 cm³/mol. The van der Waals surface area contributed by atoms with Gasteiger partial charge in [-0.3, -0.25) is 0 Å². The van der Waals surface area contributed by atoms with Crippen LogP contribution in [0.5, 0.6) is 0 Å². The van der Waals surface area contributed by atoms with Gasteiger partial charge in [0.05, 0.1) is 12.8 Å². The highest BCUT2D eigenvalue weighted by Crippen LogP contribution is 2.40. The Balaban J connectivity index is 2.36. The molecule has 0 aliphatic carbocycles. The lowest BCUT2D eigenvalue weighted by molar-refractivity contribution is -0.132. The molecule has 2 atom stereocenters. The Labute approximate surface area is 188 Å². The minimum atomic E-state index is -0.585. The summed E-state index contributed by atoms with van der Waals surface area (Å²) in [6.45, 7) is 8.20. The van der Waals surface area contributed by atoms with E-state index in [4.69, 9.17) is 14.4 Å². The van der Waals surface area contributed by atoms with Crippen LogP contribution >= 0.6 is 18.5 Å². The highest BCUT2D eigenvalue weighted by Gasteiger charge is 2.22. The molecule has 0 fully saturated rings. The number of ether oxygens (including phenoxy) is 1. The van der Waals surface area contributed by atoms with E-state index in [1.54, 1.807) is 6.07 Å². The summed E-state index contributed by atoms with van der Waals surface area (Å²) < 4.78 is 4.85. The predicted octanol–water partition coefficient (Wildman–Crippen LogP) is 4.69. The number of carbonyl (C=O) groups is 1. The number of hydrogen-bond acceptors (Lipinski definition) is 6. The van der Waals surface area contributed by atoms with E-state index < -0.39 is 5.97 Å². The molecule has 166 valence electrons. The fourth-order valence-electron chi connectivity index (χ4n) is 3.16. The molecule has 0 aliphatic rings. The minimum absolute atomic E-state index is 0.0793. The van der Waals surface area contributed by atoms with Crippen LogP contribution in [0.25, 0.3) is 0 Å². The zero-order valence-corrected chi connectivity index (χ0v) is 21.2. The molecule has 0 saturated heterocycles. The lowest BCUT2D eigenvalue weighted by Gasteiger charge is -2.23. The number of methoxy groups -OCH3 is 1. The maximum atomic E-state index is 12.2. The first-order valence-corrected chi connectivity index (χ1v) is 10.9. The topological polar surface area (TPSA) is 69.5 Å². The van der Waals surface area contributed by atoms with Crippen LogP contribution in [-0.4, -0.2) is 31.6 Å². The van der Waals surface area contributed by atoms with Gasteiger partial charge in [-0.25, -0.2) is 4.79 Å². The number of carbonyl (C=O) groups excluding carboxylic acids is 1. The first kappa shape index (κ1) is 25.0. The molecule has 0 aliphatic heterocycles. The van der Waals surface area contributed by atoms with Gasteiger partial charge in [0.25, 0.3) is 0 Å². The number of oxime groups is 2. The first-order chi connectivity index (χ1) is 14.6. The number of benzene rings is 2. The van der Waals surface area contributed by atoms with Crippen molar-refractivity contribution in [1.82, 2.24) is 0 Å². The monoisotopic (exact) mass is 460 g/mol. The molecule has 0 N–H and O–H groups in total. The molecule has 31 heavy (non-hydrogen) atoms. The molecule has 2 aromatic carbocycles. The van der Waals surface area contributed by atoms with Gasteiger partial charge in [-0.15, -0.1) is 18.5 Å². The van der Waals surface area contributed by atoms with Crippen LogP contribution in [0.2, 0.25) is 0 Å². The van der Waals surface area contributed by atoms with Crippen molar-refractivity contribution in [2.24, 2.45) is 10.3 Å². The number of hydrogen-bond donors (Lipinski definition) is 0. The summed E-state index contributed by atoms with van der Waals surface area (Å²) in [7, 11) is 8.37. The smallest absolute Gasteiger partial charge is 0.360 e. The molecule has 0 saturated carbocycles. The summed E-state index contributed by atoms with van der Waals surface area (Å²) in [5.74, 6) is -0.585. The van der Waals surface area contributed by atoms with Crippen LogP contribution in [0.3, 0.4) is 0 Å². The van der Waals surface area contributed by atoms with Gasteiger partial charge in [0, 0.05) is 21.6 Å². The molecule has 0 spiro atoms. The van der Waals surface area contributed by atoms with E-state index in [0.29, 0.717) is 5.56 Å². The van der Waals surface area contributed by atoms with Crippen molar-refractivity contribution in [2.75, 3.05) is 14.2 Å². The van der Waals surface area contributed by atoms with Gasteiger partial charge in [0.2, 0.25) is 0 Å². The Bertz CT molecular complexity index is 1010. The molecule has 0 aromatic heterocycles. The van der Waals surface area contributed by atoms with Gasteiger partial charge in [0.1, 0.15) is 13.7 Å². The summed E-state index contributed by atoms with van der Waals surface area (Å²) in [4.78, 5) is 22.6. The van der Waals surface area contributed by atoms with E-state index >= 15 is 0 Å². The molecular weight excluding hydrogens is 430 g/mol. The van der Waals surface area contributed by atoms with Crippen molar-refractivity contribution in [3.63, 3.8) is 0 Å². The van der Waals surface area contributed by atoms with Gasteiger partial charge in [-0.1, -0.05) is 52.3 Å². The highest BCUT2D eigenvalue weighted by atomic mass is 31.1. The van der Waals surface area contributed by atoms with E-state index in [1.165, 1.54) is 19.8 Å². The number of rotatable bonds is 8. The van der Waals surface area contributed by atoms with E-state index in [1.807, 2.05) is 26.0 Å². The van der Waals surface area contributed by atoms with Crippen molar-refractivity contribution in [3.8, 4) is 0 Å². The zero-order chi connectivity index (χ0) is 23.2. The molecule has 0 heterocycles. The van der Waals surface area contributed by atoms with Crippen LogP contribution in [0, 0.1) is 13.8 Å². The highest BCUT2D eigenvalue weighted by molar-refractivity contribution is 7.38. The Kier molecular flexibility index (Phi) is 8.73. The van der Waals surface area contributed by atoms with Crippen LogP contribution in [0.15, 0.2) is 46.7 Å². The van der Waals surface area contributed by atoms with E-state index in [2.05, 4.69) is 60.8 Å². The third-order valence-corrected chi connectivity index (χ3v) is 5.40. The van der Waals surface area contributed by atoms with Crippen molar-refractivity contribution < 1.29 is 19.2 Å². The third kappa shape index (κ3) is 6.35. The fourth-order valence-corrected chi connectivity index (χ4v) is 3.64. The fraction of sp³-hybridized carbons (Fsp3) is 0.348. The number of esters is 1. The second-order valence-electron chi connectivity index (χ2n) is 7.50. The molecule has 0 amide bonds. The van der Waals surface area contributed by atoms with Crippen LogP contribution in [0.4, 0.5) is 0 Å². The second-order valence-corrected chi connectivity index (χ2v) is 10.6. The summed E-state index contributed by atoms with van der Waals surface area (Å²) in [5, 5.41) is 8.21. The average Bonchev–Trinajstić information content (AvgIpc) is 2.72. The van der Waals surface area contributed by atoms with Gasteiger partial charge < -0.3 is 14.4 Å².